The average Bonchev–Trinajstić information content (AvgIpc) is 3.14. The van der Waals surface area contributed by atoms with Crippen molar-refractivity contribution in [1.29, 1.82) is 0 Å². The second-order valence-electron chi connectivity index (χ2n) is 6.93. The molecule has 130 valence electrons. The van der Waals surface area contributed by atoms with Crippen molar-refractivity contribution in [2.24, 2.45) is 11.8 Å². The van der Waals surface area contributed by atoms with E-state index in [1.807, 2.05) is 0 Å². The highest BCUT2D eigenvalue weighted by Gasteiger charge is 2.72. The van der Waals surface area contributed by atoms with Gasteiger partial charge in [-0.05, 0) is 19.9 Å². The lowest BCUT2D eigenvalue weighted by Gasteiger charge is -2.26. The highest BCUT2D eigenvalue weighted by Crippen LogP contribution is 2.57. The minimum Gasteiger partial charge on any atom is -0.393 e. The third kappa shape index (κ3) is 1.83. The number of hydrogen-bond donors (Lipinski definition) is 1. The molecule has 1 aromatic rings. The first-order valence-corrected chi connectivity index (χ1v) is 7.88. The van der Waals surface area contributed by atoms with Crippen LogP contribution in [-0.4, -0.2) is 39.7 Å². The summed E-state index contributed by atoms with van der Waals surface area (Å²) in [7, 11) is 0. The minimum absolute atomic E-state index is 0.157. The third-order valence-electron chi connectivity index (χ3n) is 5.45. The van der Waals surface area contributed by atoms with Crippen LogP contribution < -0.4 is 4.90 Å². The molecule has 4 rings (SSSR count). The van der Waals surface area contributed by atoms with Gasteiger partial charge >= 0.3 is 0 Å². The maximum atomic E-state index is 13.0. The van der Waals surface area contributed by atoms with Gasteiger partial charge in [0.15, 0.2) is 0 Å². The molecule has 1 N–H and O–H groups in total. The Morgan fingerprint density at radius 2 is 1.96 bits per heavy atom. The third-order valence-corrected chi connectivity index (χ3v) is 5.45. The summed E-state index contributed by atoms with van der Waals surface area (Å²) in [6, 6.07) is 4.26. The van der Waals surface area contributed by atoms with Gasteiger partial charge in [-0.2, -0.15) is 0 Å². The van der Waals surface area contributed by atoms with Gasteiger partial charge in [0.2, 0.25) is 11.8 Å². The summed E-state index contributed by atoms with van der Waals surface area (Å²) in [6.45, 7) is 2.88. The Hall–Kier alpha value is -2.58. The number of hydrogen-bond acceptors (Lipinski definition) is 6. The fourth-order valence-corrected chi connectivity index (χ4v) is 4.23. The quantitative estimate of drug-likeness (QED) is 0.380. The molecule has 1 aromatic carbocycles. The molecule has 8 nitrogen and oxygen atoms in total. The number of carbonyl (C=O) groups excluding carboxylic acids is 2. The van der Waals surface area contributed by atoms with Crippen molar-refractivity contribution in [2.45, 2.75) is 25.0 Å². The van der Waals surface area contributed by atoms with Gasteiger partial charge in [-0.1, -0.05) is 18.2 Å². The summed E-state index contributed by atoms with van der Waals surface area (Å²) in [5.74, 6) is -2.55. The van der Waals surface area contributed by atoms with E-state index in [0.717, 1.165) is 4.90 Å². The highest BCUT2D eigenvalue weighted by atomic mass is 16.6. The number of nitro benzene ring substituents is 1. The number of nitrogens with zero attached hydrogens (tertiary/aromatic N) is 2. The Labute approximate surface area is 142 Å². The van der Waals surface area contributed by atoms with Crippen molar-refractivity contribution in [3.05, 3.63) is 46.0 Å². The van der Waals surface area contributed by atoms with Crippen LogP contribution in [0.15, 0.2) is 30.4 Å². The molecule has 0 unspecified atom stereocenters. The van der Waals surface area contributed by atoms with Crippen LogP contribution >= 0.6 is 0 Å². The minimum atomic E-state index is -1.21. The first-order chi connectivity index (χ1) is 11.7. The second kappa shape index (κ2) is 4.74. The fourth-order valence-electron chi connectivity index (χ4n) is 4.23. The summed E-state index contributed by atoms with van der Waals surface area (Å²) in [5, 5.41) is 20.9. The number of aliphatic hydroxyl groups is 1. The maximum absolute atomic E-state index is 13.0. The van der Waals surface area contributed by atoms with E-state index < -0.39 is 46.4 Å². The van der Waals surface area contributed by atoms with Crippen molar-refractivity contribution in [2.75, 3.05) is 11.5 Å². The summed E-state index contributed by atoms with van der Waals surface area (Å²) in [4.78, 5) is 37.5. The van der Waals surface area contributed by atoms with Crippen molar-refractivity contribution < 1.29 is 24.4 Å². The fraction of sp³-hybridized carbons (Fsp3) is 0.412. The predicted octanol–water partition coefficient (Wildman–Crippen LogP) is 1.10. The number of nitro groups is 1. The van der Waals surface area contributed by atoms with Gasteiger partial charge in [0, 0.05) is 11.6 Å². The number of imide groups is 1. The van der Waals surface area contributed by atoms with E-state index in [4.69, 9.17) is 4.74 Å². The first-order valence-electron chi connectivity index (χ1n) is 7.88. The van der Waals surface area contributed by atoms with Gasteiger partial charge in [0.25, 0.3) is 5.69 Å². The second-order valence-corrected chi connectivity index (χ2v) is 6.93. The molecule has 0 saturated carbocycles. The van der Waals surface area contributed by atoms with Crippen molar-refractivity contribution >= 4 is 23.2 Å². The summed E-state index contributed by atoms with van der Waals surface area (Å²) < 4.78 is 5.83. The lowest BCUT2D eigenvalue weighted by Crippen LogP contribution is -2.43. The Morgan fingerprint density at radius 3 is 2.60 bits per heavy atom. The van der Waals surface area contributed by atoms with E-state index in [2.05, 4.69) is 0 Å². The summed E-state index contributed by atoms with van der Waals surface area (Å²) in [6.07, 6.45) is 3.34. The number of aryl methyl sites for hydroxylation is 1. The number of anilines is 1. The molecule has 3 aliphatic rings. The Morgan fingerprint density at radius 1 is 1.28 bits per heavy atom. The largest absolute Gasteiger partial charge is 0.393 e. The molecule has 8 heteroatoms. The molecule has 2 amide bonds. The molecule has 2 fully saturated rings. The number of fused-ring (bicyclic) bond motifs is 5. The summed E-state index contributed by atoms with van der Waals surface area (Å²) >= 11 is 0. The van der Waals surface area contributed by atoms with Crippen molar-refractivity contribution in [3.63, 3.8) is 0 Å². The molecule has 0 radical (unpaired) electrons. The van der Waals surface area contributed by atoms with Crippen LogP contribution in [0.2, 0.25) is 0 Å². The number of rotatable bonds is 3. The number of amides is 2. The van der Waals surface area contributed by atoms with Crippen LogP contribution in [0.4, 0.5) is 11.4 Å². The lowest BCUT2D eigenvalue weighted by atomic mass is 9.73. The molecule has 0 aromatic heterocycles. The lowest BCUT2D eigenvalue weighted by molar-refractivity contribution is -0.385. The van der Waals surface area contributed by atoms with Crippen molar-refractivity contribution in [1.82, 2.24) is 0 Å². The highest BCUT2D eigenvalue weighted by molar-refractivity contribution is 6.23. The normalized spacial score (nSPS) is 35.6. The molecule has 25 heavy (non-hydrogen) atoms. The Kier molecular flexibility index (Phi) is 3.02. The molecule has 3 aliphatic heterocycles. The molecule has 0 spiro atoms. The van der Waals surface area contributed by atoms with Gasteiger partial charge in [-0.15, -0.1) is 0 Å². The SMILES string of the molecule is Cc1ccc(N2C(=O)[C@@H]3[C@H](C2=O)[C@]2(C)C=C[C@]3(CO)O2)cc1[N+](=O)[O-]. The average molecular weight is 344 g/mol. The number of benzene rings is 1. The zero-order chi connectivity index (χ0) is 18.1. The number of carbonyl (C=O) groups is 2. The zero-order valence-electron chi connectivity index (χ0n) is 13.6. The summed E-state index contributed by atoms with van der Waals surface area (Å²) in [5.41, 5.74) is -1.73. The van der Waals surface area contributed by atoms with E-state index in [9.17, 15) is 24.8 Å². The van der Waals surface area contributed by atoms with E-state index >= 15 is 0 Å². The number of ether oxygens (including phenoxy) is 1. The Bertz CT molecular complexity index is 865. The van der Waals surface area contributed by atoms with E-state index in [-0.39, 0.29) is 11.4 Å². The van der Waals surface area contributed by atoms with Crippen LogP contribution in [0.25, 0.3) is 0 Å². The zero-order valence-corrected chi connectivity index (χ0v) is 13.6. The molecule has 3 heterocycles. The molecule has 4 atom stereocenters. The molecular weight excluding hydrogens is 328 g/mol. The topological polar surface area (TPSA) is 110 Å². The van der Waals surface area contributed by atoms with Crippen LogP contribution in [0.3, 0.4) is 0 Å². The van der Waals surface area contributed by atoms with Gasteiger partial charge in [-0.25, -0.2) is 4.90 Å². The van der Waals surface area contributed by atoms with Gasteiger partial charge in [0.05, 0.1) is 34.7 Å². The standard InChI is InChI=1S/C17H16N2O6/c1-9-3-4-10(7-11(9)19(23)24)18-14(21)12-13(15(18)22)17(8-20)6-5-16(12,2)25-17/h3-7,12-13,20H,8H2,1-2H3/t12-,13+,16+,17-/m1/s1. The molecule has 0 aliphatic carbocycles. The van der Waals surface area contributed by atoms with E-state index in [1.165, 1.54) is 18.2 Å². The first kappa shape index (κ1) is 15.9. The van der Waals surface area contributed by atoms with E-state index in [0.29, 0.717) is 5.56 Å². The van der Waals surface area contributed by atoms with Crippen molar-refractivity contribution in [3.8, 4) is 0 Å². The van der Waals surface area contributed by atoms with Crippen LogP contribution in [0.1, 0.15) is 12.5 Å². The molecule has 2 bridgehead atoms. The molecular formula is C17H16N2O6. The van der Waals surface area contributed by atoms with Crippen LogP contribution in [0.5, 0.6) is 0 Å². The van der Waals surface area contributed by atoms with Crippen LogP contribution in [-0.2, 0) is 14.3 Å². The van der Waals surface area contributed by atoms with Crippen LogP contribution in [0, 0.1) is 28.9 Å². The maximum Gasteiger partial charge on any atom is 0.274 e. The molecule has 2 saturated heterocycles. The van der Waals surface area contributed by atoms with Gasteiger partial charge < -0.3 is 9.84 Å². The monoisotopic (exact) mass is 344 g/mol. The number of aliphatic hydroxyl groups excluding tert-OH is 1. The van der Waals surface area contributed by atoms with E-state index in [1.54, 1.807) is 26.0 Å². The Balaban J connectivity index is 1.81. The van der Waals surface area contributed by atoms with Gasteiger partial charge in [-0.3, -0.25) is 19.7 Å². The smallest absolute Gasteiger partial charge is 0.274 e. The predicted molar refractivity (Wildman–Crippen MR) is 85.8 cm³/mol. The van der Waals surface area contributed by atoms with Gasteiger partial charge in [0.1, 0.15) is 5.60 Å².